The van der Waals surface area contributed by atoms with Gasteiger partial charge in [-0.05, 0) is 12.1 Å². The van der Waals surface area contributed by atoms with Crippen LogP contribution < -0.4 is 10.5 Å². The van der Waals surface area contributed by atoms with Crippen LogP contribution in [0.25, 0.3) is 10.9 Å². The number of aromatic nitrogens is 1. The first-order valence-electron chi connectivity index (χ1n) is 6.35. The SMILES string of the molecule is CC1(C)C(N)CC1Oc1cccc2cccnc12. The minimum atomic E-state index is 0.0386. The summed E-state index contributed by atoms with van der Waals surface area (Å²) in [6, 6.07) is 10.3. The van der Waals surface area contributed by atoms with Crippen molar-refractivity contribution in [2.75, 3.05) is 0 Å². The van der Waals surface area contributed by atoms with Crippen LogP contribution in [0.2, 0.25) is 0 Å². The Kier molecular flexibility index (Phi) is 2.52. The summed E-state index contributed by atoms with van der Waals surface area (Å²) in [6.07, 6.45) is 2.89. The largest absolute Gasteiger partial charge is 0.487 e. The minimum Gasteiger partial charge on any atom is -0.487 e. The fraction of sp³-hybridized carbons (Fsp3) is 0.400. The van der Waals surface area contributed by atoms with Gasteiger partial charge in [0.15, 0.2) is 0 Å². The zero-order chi connectivity index (χ0) is 12.8. The van der Waals surface area contributed by atoms with Crippen LogP contribution in [0.4, 0.5) is 0 Å². The number of fused-ring (bicyclic) bond motifs is 1. The molecule has 1 aliphatic rings. The van der Waals surface area contributed by atoms with E-state index < -0.39 is 0 Å². The van der Waals surface area contributed by atoms with Gasteiger partial charge in [-0.25, -0.2) is 0 Å². The Morgan fingerprint density at radius 3 is 2.78 bits per heavy atom. The smallest absolute Gasteiger partial charge is 0.145 e. The van der Waals surface area contributed by atoms with E-state index in [1.165, 1.54) is 0 Å². The normalized spacial score (nSPS) is 25.7. The van der Waals surface area contributed by atoms with Gasteiger partial charge in [0.1, 0.15) is 17.4 Å². The molecule has 0 amide bonds. The maximum atomic E-state index is 6.11. The van der Waals surface area contributed by atoms with E-state index in [-0.39, 0.29) is 17.6 Å². The van der Waals surface area contributed by atoms with Crippen LogP contribution in [0.3, 0.4) is 0 Å². The van der Waals surface area contributed by atoms with E-state index in [4.69, 9.17) is 10.5 Å². The number of hydrogen-bond donors (Lipinski definition) is 1. The van der Waals surface area contributed by atoms with E-state index in [1.54, 1.807) is 6.20 Å². The standard InChI is InChI=1S/C15H18N2O/c1-15(2)12(16)9-13(15)18-11-7-3-5-10-6-4-8-17-14(10)11/h3-8,12-13H,9,16H2,1-2H3. The molecule has 1 aliphatic carbocycles. The lowest BCUT2D eigenvalue weighted by atomic mass is 9.65. The number of nitrogens with two attached hydrogens (primary N) is 1. The highest BCUT2D eigenvalue weighted by atomic mass is 16.5. The zero-order valence-corrected chi connectivity index (χ0v) is 10.8. The molecule has 0 aliphatic heterocycles. The summed E-state index contributed by atoms with van der Waals surface area (Å²) in [5, 5.41) is 1.11. The first kappa shape index (κ1) is 11.5. The molecule has 1 fully saturated rings. The van der Waals surface area contributed by atoms with E-state index in [0.29, 0.717) is 0 Å². The van der Waals surface area contributed by atoms with Crippen molar-refractivity contribution >= 4 is 10.9 Å². The molecule has 2 N–H and O–H groups in total. The number of nitrogens with zero attached hydrogens (tertiary/aromatic N) is 1. The summed E-state index contributed by atoms with van der Waals surface area (Å²) >= 11 is 0. The van der Waals surface area contributed by atoms with Crippen LogP contribution in [0.1, 0.15) is 20.3 Å². The van der Waals surface area contributed by atoms with Gasteiger partial charge in [0.25, 0.3) is 0 Å². The lowest BCUT2D eigenvalue weighted by Gasteiger charge is -2.49. The second kappa shape index (κ2) is 3.95. The summed E-state index contributed by atoms with van der Waals surface area (Å²) < 4.78 is 6.11. The summed E-state index contributed by atoms with van der Waals surface area (Å²) in [6.45, 7) is 4.31. The van der Waals surface area contributed by atoms with Gasteiger partial charge in [0, 0.05) is 29.5 Å². The summed E-state index contributed by atoms with van der Waals surface area (Å²) in [7, 11) is 0. The van der Waals surface area contributed by atoms with Crippen molar-refractivity contribution < 1.29 is 4.74 Å². The lowest BCUT2D eigenvalue weighted by Crippen LogP contribution is -2.60. The summed E-state index contributed by atoms with van der Waals surface area (Å²) in [5.41, 5.74) is 6.98. The molecular weight excluding hydrogens is 224 g/mol. The van der Waals surface area contributed by atoms with Gasteiger partial charge in [0.2, 0.25) is 0 Å². The molecule has 0 saturated heterocycles. The third kappa shape index (κ3) is 1.66. The van der Waals surface area contributed by atoms with Gasteiger partial charge in [-0.15, -0.1) is 0 Å². The summed E-state index contributed by atoms with van der Waals surface area (Å²) in [4.78, 5) is 4.40. The Hall–Kier alpha value is -1.61. The number of hydrogen-bond acceptors (Lipinski definition) is 3. The first-order valence-corrected chi connectivity index (χ1v) is 6.35. The second-order valence-corrected chi connectivity index (χ2v) is 5.60. The monoisotopic (exact) mass is 242 g/mol. The number of ether oxygens (including phenoxy) is 1. The van der Waals surface area contributed by atoms with Crippen molar-refractivity contribution in [1.29, 1.82) is 0 Å². The Morgan fingerprint density at radius 2 is 2.06 bits per heavy atom. The molecular formula is C15H18N2O. The Balaban J connectivity index is 1.92. The van der Waals surface area contributed by atoms with Crippen molar-refractivity contribution in [2.45, 2.75) is 32.4 Å². The quantitative estimate of drug-likeness (QED) is 0.880. The molecule has 3 heteroatoms. The first-order chi connectivity index (χ1) is 8.59. The number of para-hydroxylation sites is 1. The molecule has 2 aromatic rings. The molecule has 1 saturated carbocycles. The Morgan fingerprint density at radius 1 is 1.28 bits per heavy atom. The van der Waals surface area contributed by atoms with Gasteiger partial charge in [-0.1, -0.05) is 32.0 Å². The highest BCUT2D eigenvalue weighted by Gasteiger charge is 2.48. The molecule has 18 heavy (non-hydrogen) atoms. The number of pyridine rings is 1. The van der Waals surface area contributed by atoms with E-state index in [1.807, 2.05) is 30.3 Å². The van der Waals surface area contributed by atoms with Crippen LogP contribution in [0.5, 0.6) is 5.75 Å². The van der Waals surface area contributed by atoms with E-state index >= 15 is 0 Å². The molecule has 0 spiro atoms. The average Bonchev–Trinajstić information content (AvgIpc) is 2.39. The van der Waals surface area contributed by atoms with Gasteiger partial charge in [0.05, 0.1) is 0 Å². The Bertz CT molecular complexity index is 574. The fourth-order valence-corrected chi connectivity index (χ4v) is 2.44. The topological polar surface area (TPSA) is 48.1 Å². The number of benzene rings is 1. The van der Waals surface area contributed by atoms with Crippen LogP contribution in [0.15, 0.2) is 36.5 Å². The van der Waals surface area contributed by atoms with Gasteiger partial charge >= 0.3 is 0 Å². The molecule has 3 nitrogen and oxygen atoms in total. The van der Waals surface area contributed by atoms with E-state index in [0.717, 1.165) is 23.1 Å². The van der Waals surface area contributed by atoms with Crippen molar-refractivity contribution in [2.24, 2.45) is 11.1 Å². The van der Waals surface area contributed by atoms with Crippen LogP contribution in [-0.2, 0) is 0 Å². The van der Waals surface area contributed by atoms with Crippen LogP contribution in [0, 0.1) is 5.41 Å². The highest BCUT2D eigenvalue weighted by molar-refractivity contribution is 5.84. The van der Waals surface area contributed by atoms with E-state index in [2.05, 4.69) is 18.8 Å². The molecule has 1 aromatic carbocycles. The average molecular weight is 242 g/mol. The summed E-state index contributed by atoms with van der Waals surface area (Å²) in [5.74, 6) is 0.859. The van der Waals surface area contributed by atoms with Crippen molar-refractivity contribution in [1.82, 2.24) is 4.98 Å². The van der Waals surface area contributed by atoms with Crippen LogP contribution >= 0.6 is 0 Å². The molecule has 0 radical (unpaired) electrons. The molecule has 0 bridgehead atoms. The van der Waals surface area contributed by atoms with Gasteiger partial charge in [-0.3, -0.25) is 4.98 Å². The zero-order valence-electron chi connectivity index (χ0n) is 10.8. The minimum absolute atomic E-state index is 0.0386. The third-order valence-electron chi connectivity index (χ3n) is 4.12. The maximum absolute atomic E-state index is 6.11. The maximum Gasteiger partial charge on any atom is 0.145 e. The molecule has 2 unspecified atom stereocenters. The molecule has 94 valence electrons. The van der Waals surface area contributed by atoms with Gasteiger partial charge in [-0.2, -0.15) is 0 Å². The molecule has 2 atom stereocenters. The fourth-order valence-electron chi connectivity index (χ4n) is 2.44. The van der Waals surface area contributed by atoms with Gasteiger partial charge < -0.3 is 10.5 Å². The second-order valence-electron chi connectivity index (χ2n) is 5.60. The lowest BCUT2D eigenvalue weighted by molar-refractivity contribution is -0.0392. The van der Waals surface area contributed by atoms with Crippen molar-refractivity contribution in [3.63, 3.8) is 0 Å². The predicted molar refractivity (Wildman–Crippen MR) is 72.5 cm³/mol. The van der Waals surface area contributed by atoms with Crippen LogP contribution in [-0.4, -0.2) is 17.1 Å². The molecule has 1 heterocycles. The highest BCUT2D eigenvalue weighted by Crippen LogP contribution is 2.42. The number of rotatable bonds is 2. The molecule has 1 aromatic heterocycles. The predicted octanol–water partition coefficient (Wildman–Crippen LogP) is 2.74. The Labute approximate surface area is 107 Å². The van der Waals surface area contributed by atoms with Crippen molar-refractivity contribution in [3.05, 3.63) is 36.5 Å². The van der Waals surface area contributed by atoms with E-state index in [9.17, 15) is 0 Å². The van der Waals surface area contributed by atoms with Crippen molar-refractivity contribution in [3.8, 4) is 5.75 Å². The third-order valence-corrected chi connectivity index (χ3v) is 4.12. The molecule has 3 rings (SSSR count).